The van der Waals surface area contributed by atoms with E-state index < -0.39 is 28.9 Å². The van der Waals surface area contributed by atoms with Crippen LogP contribution < -0.4 is 23.7 Å². The van der Waals surface area contributed by atoms with Crippen molar-refractivity contribution in [2.24, 2.45) is 0 Å². The van der Waals surface area contributed by atoms with E-state index in [1.54, 1.807) is 29.2 Å². The highest BCUT2D eigenvalue weighted by Crippen LogP contribution is 2.49. The number of Topliss-reactive ketones (excluding diaryl/α,β-unsaturated/α-hetero) is 2. The molecule has 10 heteroatoms. The van der Waals surface area contributed by atoms with Crippen LogP contribution in [0.15, 0.2) is 102 Å². The number of carbonyl (C=O) groups excluding carboxylic acids is 3. The van der Waals surface area contributed by atoms with Gasteiger partial charge < -0.3 is 33.3 Å². The van der Waals surface area contributed by atoms with E-state index in [2.05, 4.69) is 78.0 Å². The molecule has 2 heterocycles. The normalized spacial score (nSPS) is 18.0. The lowest BCUT2D eigenvalue weighted by Gasteiger charge is -2.32. The largest absolute Gasteiger partial charge is 0.497 e. The Hall–Kier alpha value is -6.91. The number of ether oxygens (including phenoxy) is 6. The molecule has 1 amide bonds. The first kappa shape index (κ1) is 47.6. The fourth-order valence-electron chi connectivity index (χ4n) is 9.29. The van der Waals surface area contributed by atoms with E-state index in [1.807, 2.05) is 56.3 Å². The number of methoxy groups -OCH3 is 2. The van der Waals surface area contributed by atoms with E-state index >= 15 is 9.59 Å². The second-order valence-corrected chi connectivity index (χ2v) is 18.6. The Morgan fingerprint density at radius 3 is 1.66 bits per heavy atom. The summed E-state index contributed by atoms with van der Waals surface area (Å²) in [4.78, 5) is 46.4. The van der Waals surface area contributed by atoms with E-state index in [0.29, 0.717) is 35.9 Å². The zero-order chi connectivity index (χ0) is 48.5. The van der Waals surface area contributed by atoms with Gasteiger partial charge in [-0.25, -0.2) is 4.79 Å². The van der Waals surface area contributed by atoms with Gasteiger partial charge in [0, 0.05) is 64.7 Å². The number of allylic oxidation sites excluding steroid dienone is 6. The summed E-state index contributed by atoms with van der Waals surface area (Å²) in [7, 11) is 3.03. The van der Waals surface area contributed by atoms with Gasteiger partial charge in [0.1, 0.15) is 39.9 Å². The Morgan fingerprint density at radius 2 is 1.16 bits per heavy atom. The van der Waals surface area contributed by atoms with Crippen molar-refractivity contribution >= 4 is 62.5 Å². The van der Waals surface area contributed by atoms with Gasteiger partial charge >= 0.3 is 6.09 Å². The van der Waals surface area contributed by atoms with E-state index in [1.165, 1.54) is 25.4 Å². The van der Waals surface area contributed by atoms with Crippen molar-refractivity contribution in [3.05, 3.63) is 136 Å². The highest BCUT2D eigenvalue weighted by molar-refractivity contribution is 6.52. The van der Waals surface area contributed by atoms with Crippen LogP contribution in [0.1, 0.15) is 124 Å². The predicted octanol–water partition coefficient (Wildman–Crippen LogP) is 13.6. The Kier molecular flexibility index (Phi) is 13.5. The molecule has 10 nitrogen and oxygen atoms in total. The van der Waals surface area contributed by atoms with Gasteiger partial charge in [-0.15, -0.1) is 0 Å². The fourth-order valence-corrected chi connectivity index (χ4v) is 9.29. The minimum Gasteiger partial charge on any atom is -0.497 e. The molecule has 0 N–H and O–H groups in total. The number of benzene rings is 5. The number of hydrogen-bond acceptors (Lipinski definition) is 9. The SMILES string of the molecule is CCN(CC)C(=O)Oc1cc2c3c(ccc2cc1C1=C(c2cc4ccc5c(c4cc2OCOC)C=C[C@@](C)(CCC=C(C)C)O5)C(=O)c2cc(OC)ccc2C1=O)O[C@](C)(CCC=C(C)C)C=C3. The molecule has 352 valence electrons. The average Bonchev–Trinajstić information content (AvgIpc) is 3.31. The Labute approximate surface area is 399 Å². The van der Waals surface area contributed by atoms with Gasteiger partial charge in [0.25, 0.3) is 0 Å². The number of carbonyl (C=O) groups is 3. The van der Waals surface area contributed by atoms with Crippen molar-refractivity contribution in [1.82, 2.24) is 4.90 Å². The van der Waals surface area contributed by atoms with Crippen molar-refractivity contribution in [3.8, 4) is 28.7 Å². The number of ketones is 2. The highest BCUT2D eigenvalue weighted by atomic mass is 16.7. The van der Waals surface area contributed by atoms with E-state index in [9.17, 15) is 4.79 Å². The second kappa shape index (κ2) is 19.4. The van der Waals surface area contributed by atoms with Crippen LogP contribution in [0, 0.1) is 0 Å². The van der Waals surface area contributed by atoms with Gasteiger partial charge in [0.05, 0.1) is 7.11 Å². The Bertz CT molecular complexity index is 3010. The van der Waals surface area contributed by atoms with Crippen molar-refractivity contribution in [1.29, 1.82) is 0 Å². The number of hydrogen-bond donors (Lipinski definition) is 0. The summed E-state index contributed by atoms with van der Waals surface area (Å²) in [5, 5.41) is 3.11. The van der Waals surface area contributed by atoms with Gasteiger partial charge in [0.15, 0.2) is 18.4 Å². The van der Waals surface area contributed by atoms with Crippen molar-refractivity contribution in [2.75, 3.05) is 34.1 Å². The molecule has 1 aliphatic carbocycles. The third-order valence-corrected chi connectivity index (χ3v) is 13.0. The van der Waals surface area contributed by atoms with Gasteiger partial charge in [0.2, 0.25) is 0 Å². The topological polar surface area (TPSA) is 110 Å². The monoisotopic (exact) mass is 915 g/mol. The van der Waals surface area contributed by atoms with E-state index in [4.69, 9.17) is 28.4 Å². The van der Waals surface area contributed by atoms with Crippen LogP contribution in [-0.4, -0.2) is 67.9 Å². The smallest absolute Gasteiger partial charge is 0.415 e. The molecule has 0 aromatic heterocycles. The Morgan fingerprint density at radius 1 is 0.647 bits per heavy atom. The third-order valence-electron chi connectivity index (χ3n) is 13.0. The molecule has 0 saturated carbocycles. The van der Waals surface area contributed by atoms with Crippen LogP contribution in [0.25, 0.3) is 44.8 Å². The first-order chi connectivity index (χ1) is 32.6. The molecule has 0 radical (unpaired) electrons. The average molecular weight is 916 g/mol. The highest BCUT2D eigenvalue weighted by Gasteiger charge is 2.38. The maximum absolute atomic E-state index is 15.4. The zero-order valence-corrected chi connectivity index (χ0v) is 40.9. The maximum Gasteiger partial charge on any atom is 0.415 e. The molecule has 0 bridgehead atoms. The van der Waals surface area contributed by atoms with Crippen molar-refractivity contribution < 1.29 is 42.8 Å². The van der Waals surface area contributed by atoms with Crippen LogP contribution in [-0.2, 0) is 4.74 Å². The molecular weight excluding hydrogens is 855 g/mol. The van der Waals surface area contributed by atoms with Gasteiger partial charge in [-0.3, -0.25) is 9.59 Å². The maximum atomic E-state index is 15.4. The summed E-state index contributed by atoms with van der Waals surface area (Å²) >= 11 is 0. The molecule has 5 aromatic carbocycles. The van der Waals surface area contributed by atoms with Crippen LogP contribution in [0.5, 0.6) is 28.7 Å². The summed E-state index contributed by atoms with van der Waals surface area (Å²) in [5.41, 5.74) is 4.27. The first-order valence-electron chi connectivity index (χ1n) is 23.5. The standard InChI is InChI=1S/C58H61NO9/c1-11-59(12-2)56(62)66-51-33-44-38(18-22-49-41(44)24-28-58(8,68-49)26-14-16-36(5)6)30-47(51)53-52(55(61)45-31-39(64-10)19-20-42(45)54(53)60)46-29-37-17-21-48-40(43(37)32-50(46)65-34-63-9)23-27-57(7,67-48)25-13-15-35(3)4/h15-24,27-33H,11-14,25-26,34H2,1-10H3/t57-,58-/m1/s1. The van der Waals surface area contributed by atoms with Crippen molar-refractivity contribution in [3.63, 3.8) is 0 Å². The zero-order valence-electron chi connectivity index (χ0n) is 40.9. The first-order valence-corrected chi connectivity index (χ1v) is 23.5. The van der Waals surface area contributed by atoms with Crippen molar-refractivity contribution in [2.45, 2.75) is 92.3 Å². The summed E-state index contributed by atoms with van der Waals surface area (Å²) in [6, 6.07) is 20.0. The minimum atomic E-state index is -0.594. The summed E-state index contributed by atoms with van der Waals surface area (Å²) in [6.45, 7) is 16.9. The molecule has 5 aromatic rings. The lowest BCUT2D eigenvalue weighted by molar-refractivity contribution is 0.0510. The van der Waals surface area contributed by atoms with Crippen LogP contribution in [0.3, 0.4) is 0 Å². The molecule has 8 rings (SSSR count). The molecule has 0 spiro atoms. The van der Waals surface area contributed by atoms with Gasteiger partial charge in [-0.05, 0) is 169 Å². The summed E-state index contributed by atoms with van der Waals surface area (Å²) in [6.07, 6.45) is 15.5. The fraction of sp³-hybridized carbons (Fsp3) is 0.328. The lowest BCUT2D eigenvalue weighted by atomic mass is 9.77. The molecular formula is C58H61NO9. The number of rotatable bonds is 15. The second-order valence-electron chi connectivity index (χ2n) is 18.6. The molecule has 2 atom stereocenters. The quantitative estimate of drug-likeness (QED) is 0.0749. The number of amides is 1. The Balaban J connectivity index is 1.37. The predicted molar refractivity (Wildman–Crippen MR) is 271 cm³/mol. The summed E-state index contributed by atoms with van der Waals surface area (Å²) < 4.78 is 37.1. The number of fused-ring (bicyclic) bond motifs is 7. The van der Waals surface area contributed by atoms with Crippen LogP contribution in [0.2, 0.25) is 0 Å². The molecule has 2 aliphatic heterocycles. The van der Waals surface area contributed by atoms with E-state index in [-0.39, 0.29) is 40.4 Å². The number of nitrogens with zero attached hydrogens (tertiary/aromatic N) is 1. The molecule has 0 fully saturated rings. The molecule has 68 heavy (non-hydrogen) atoms. The molecule has 3 aliphatic rings. The lowest BCUT2D eigenvalue weighted by Crippen LogP contribution is -2.33. The van der Waals surface area contributed by atoms with E-state index in [0.717, 1.165) is 64.1 Å². The van der Waals surface area contributed by atoms with Crippen LogP contribution >= 0.6 is 0 Å². The minimum absolute atomic E-state index is 0.0585. The molecule has 0 unspecified atom stereocenters. The summed E-state index contributed by atoms with van der Waals surface area (Å²) in [5.74, 6) is 1.39. The molecule has 0 saturated heterocycles. The van der Waals surface area contributed by atoms with Gasteiger partial charge in [-0.1, -0.05) is 47.6 Å². The van der Waals surface area contributed by atoms with Gasteiger partial charge in [-0.2, -0.15) is 0 Å². The van der Waals surface area contributed by atoms with Crippen LogP contribution in [0.4, 0.5) is 4.79 Å². The third kappa shape index (κ3) is 9.34.